The summed E-state index contributed by atoms with van der Waals surface area (Å²) in [5.74, 6) is 0.183. The second-order valence-electron chi connectivity index (χ2n) is 3.17. The lowest BCUT2D eigenvalue weighted by Crippen LogP contribution is -2.19. The fourth-order valence-corrected chi connectivity index (χ4v) is 1.75. The van der Waals surface area contributed by atoms with Crippen LogP contribution in [0.3, 0.4) is 0 Å². The molecule has 0 saturated carbocycles. The van der Waals surface area contributed by atoms with Crippen LogP contribution in [0, 0.1) is 5.82 Å². The third-order valence-corrected chi connectivity index (χ3v) is 3.12. The number of hydrogen-bond acceptors (Lipinski definition) is 2. The van der Waals surface area contributed by atoms with E-state index in [0.717, 1.165) is 5.56 Å². The van der Waals surface area contributed by atoms with Gasteiger partial charge in [-0.05, 0) is 11.6 Å². The maximum atomic E-state index is 13.0. The predicted octanol–water partition coefficient (Wildman–Crippen LogP) is 1.95. The molecular formula is C10H13ClFNOS. The monoisotopic (exact) mass is 249 g/mol. The average Bonchev–Trinajstić information content (AvgIpc) is 2.18. The van der Waals surface area contributed by atoms with E-state index in [-0.39, 0.29) is 5.02 Å². The molecule has 2 nitrogen and oxygen atoms in total. The van der Waals surface area contributed by atoms with Gasteiger partial charge in [0.25, 0.3) is 0 Å². The van der Waals surface area contributed by atoms with E-state index in [0.29, 0.717) is 18.8 Å². The number of halogens is 2. The Morgan fingerprint density at radius 3 is 2.93 bits per heavy atom. The predicted molar refractivity (Wildman–Crippen MR) is 62.1 cm³/mol. The molecule has 1 aromatic carbocycles. The summed E-state index contributed by atoms with van der Waals surface area (Å²) in [6.45, 7) is 1.13. The highest BCUT2D eigenvalue weighted by molar-refractivity contribution is 7.84. The van der Waals surface area contributed by atoms with Crippen molar-refractivity contribution in [2.24, 2.45) is 0 Å². The molecule has 0 aliphatic carbocycles. The van der Waals surface area contributed by atoms with Crippen molar-refractivity contribution in [2.45, 2.75) is 6.54 Å². The smallest absolute Gasteiger partial charge is 0.142 e. The zero-order valence-electron chi connectivity index (χ0n) is 8.43. The van der Waals surface area contributed by atoms with Crippen LogP contribution >= 0.6 is 11.6 Å². The molecule has 0 heterocycles. The molecule has 0 saturated heterocycles. The highest BCUT2D eigenvalue weighted by Crippen LogP contribution is 2.18. The lowest BCUT2D eigenvalue weighted by molar-refractivity contribution is 0.622. The molecule has 0 amide bonds. The minimum Gasteiger partial charge on any atom is -0.312 e. The van der Waals surface area contributed by atoms with E-state index in [9.17, 15) is 8.60 Å². The van der Waals surface area contributed by atoms with Crippen molar-refractivity contribution >= 4 is 22.4 Å². The molecule has 1 unspecified atom stereocenters. The highest BCUT2D eigenvalue weighted by atomic mass is 35.5. The molecule has 1 rings (SSSR count). The van der Waals surface area contributed by atoms with Gasteiger partial charge >= 0.3 is 0 Å². The van der Waals surface area contributed by atoms with Gasteiger partial charge in [-0.15, -0.1) is 0 Å². The van der Waals surface area contributed by atoms with Crippen molar-refractivity contribution < 1.29 is 8.60 Å². The SMILES string of the molecule is CS(=O)CCNCc1cccc(F)c1Cl. The first-order valence-electron chi connectivity index (χ1n) is 4.55. The maximum absolute atomic E-state index is 13.0. The van der Waals surface area contributed by atoms with E-state index in [1.165, 1.54) is 6.07 Å². The molecule has 0 spiro atoms. The van der Waals surface area contributed by atoms with Gasteiger partial charge in [0.05, 0.1) is 5.02 Å². The van der Waals surface area contributed by atoms with E-state index in [1.54, 1.807) is 18.4 Å². The first-order chi connectivity index (χ1) is 7.11. The van der Waals surface area contributed by atoms with Crippen LogP contribution in [0.5, 0.6) is 0 Å². The Balaban J connectivity index is 2.44. The Kier molecular flexibility index (Phi) is 5.22. The van der Waals surface area contributed by atoms with E-state index >= 15 is 0 Å². The molecular weight excluding hydrogens is 237 g/mol. The zero-order chi connectivity index (χ0) is 11.3. The Bertz CT molecular complexity index is 359. The lowest BCUT2D eigenvalue weighted by atomic mass is 10.2. The number of hydrogen-bond donors (Lipinski definition) is 1. The van der Waals surface area contributed by atoms with Crippen molar-refractivity contribution in [3.05, 3.63) is 34.6 Å². The standard InChI is InChI=1S/C10H13ClFNOS/c1-15(14)6-5-13-7-8-3-2-4-9(12)10(8)11/h2-4,13H,5-7H2,1H3. The molecule has 0 bridgehead atoms. The van der Waals surface area contributed by atoms with Gasteiger partial charge in [-0.1, -0.05) is 23.7 Å². The van der Waals surface area contributed by atoms with Crippen molar-refractivity contribution in [3.8, 4) is 0 Å². The minimum atomic E-state index is -0.803. The Labute approximate surface area is 96.3 Å². The zero-order valence-corrected chi connectivity index (χ0v) is 10.00. The second kappa shape index (κ2) is 6.20. The van der Waals surface area contributed by atoms with Crippen LogP contribution in [-0.4, -0.2) is 22.8 Å². The molecule has 5 heteroatoms. The molecule has 0 aromatic heterocycles. The number of rotatable bonds is 5. The Morgan fingerprint density at radius 1 is 1.53 bits per heavy atom. The van der Waals surface area contributed by atoms with E-state index < -0.39 is 16.6 Å². The van der Waals surface area contributed by atoms with Gasteiger partial charge in [-0.3, -0.25) is 4.21 Å². The molecule has 0 aliphatic heterocycles. The van der Waals surface area contributed by atoms with Crippen molar-refractivity contribution in [3.63, 3.8) is 0 Å². The van der Waals surface area contributed by atoms with Gasteiger partial charge in [-0.25, -0.2) is 4.39 Å². The van der Waals surface area contributed by atoms with E-state index in [2.05, 4.69) is 5.32 Å². The quantitative estimate of drug-likeness (QED) is 0.809. The highest BCUT2D eigenvalue weighted by Gasteiger charge is 2.04. The minimum absolute atomic E-state index is 0.155. The van der Waals surface area contributed by atoms with Gasteiger partial charge in [0.15, 0.2) is 0 Å². The van der Waals surface area contributed by atoms with Crippen molar-refractivity contribution in [1.29, 1.82) is 0 Å². The number of benzene rings is 1. The third kappa shape index (κ3) is 4.28. The summed E-state index contributed by atoms with van der Waals surface area (Å²) >= 11 is 5.76. The summed E-state index contributed by atoms with van der Waals surface area (Å²) in [4.78, 5) is 0. The fraction of sp³-hybridized carbons (Fsp3) is 0.400. The summed E-state index contributed by atoms with van der Waals surface area (Å²) in [5.41, 5.74) is 0.721. The van der Waals surface area contributed by atoms with Crippen LogP contribution in [0.25, 0.3) is 0 Å². The fourth-order valence-electron chi connectivity index (χ4n) is 1.12. The third-order valence-electron chi connectivity index (χ3n) is 1.91. The Morgan fingerprint density at radius 2 is 2.27 bits per heavy atom. The normalized spacial score (nSPS) is 12.7. The summed E-state index contributed by atoms with van der Waals surface area (Å²) in [7, 11) is -0.803. The summed E-state index contributed by atoms with van der Waals surface area (Å²) in [6, 6.07) is 4.71. The van der Waals surface area contributed by atoms with Crippen LogP contribution in [0.15, 0.2) is 18.2 Å². The first-order valence-corrected chi connectivity index (χ1v) is 6.65. The van der Waals surface area contributed by atoms with Gasteiger partial charge in [0, 0.05) is 35.9 Å². The molecule has 0 aliphatic rings. The van der Waals surface area contributed by atoms with Gasteiger partial charge in [0.1, 0.15) is 5.82 Å². The van der Waals surface area contributed by atoms with Crippen LogP contribution < -0.4 is 5.32 Å². The first kappa shape index (κ1) is 12.6. The van der Waals surface area contributed by atoms with E-state index in [4.69, 9.17) is 11.6 Å². The molecule has 1 N–H and O–H groups in total. The molecule has 15 heavy (non-hydrogen) atoms. The number of nitrogens with one attached hydrogen (secondary N) is 1. The maximum Gasteiger partial charge on any atom is 0.142 e. The Hall–Kier alpha value is -0.450. The average molecular weight is 250 g/mol. The molecule has 84 valence electrons. The lowest BCUT2D eigenvalue weighted by Gasteiger charge is -2.06. The topological polar surface area (TPSA) is 29.1 Å². The van der Waals surface area contributed by atoms with Crippen molar-refractivity contribution in [2.75, 3.05) is 18.6 Å². The van der Waals surface area contributed by atoms with Crippen LogP contribution in [0.1, 0.15) is 5.56 Å². The van der Waals surface area contributed by atoms with E-state index in [1.807, 2.05) is 0 Å². The summed E-state index contributed by atoms with van der Waals surface area (Å²) in [6.07, 6.45) is 1.65. The van der Waals surface area contributed by atoms with Gasteiger partial charge < -0.3 is 5.32 Å². The largest absolute Gasteiger partial charge is 0.312 e. The summed E-state index contributed by atoms with van der Waals surface area (Å²) in [5, 5.41) is 3.21. The second-order valence-corrected chi connectivity index (χ2v) is 5.10. The van der Waals surface area contributed by atoms with Gasteiger partial charge in [0.2, 0.25) is 0 Å². The molecule has 0 fully saturated rings. The van der Waals surface area contributed by atoms with Crippen LogP contribution in [0.2, 0.25) is 5.02 Å². The van der Waals surface area contributed by atoms with Crippen molar-refractivity contribution in [1.82, 2.24) is 5.32 Å². The summed E-state index contributed by atoms with van der Waals surface area (Å²) < 4.78 is 23.8. The molecule has 1 atom stereocenters. The van der Waals surface area contributed by atoms with Crippen LogP contribution in [0.4, 0.5) is 4.39 Å². The molecule has 0 radical (unpaired) electrons. The molecule has 1 aromatic rings. The van der Waals surface area contributed by atoms with Crippen LogP contribution in [-0.2, 0) is 17.3 Å². The van der Waals surface area contributed by atoms with Gasteiger partial charge in [-0.2, -0.15) is 0 Å².